The van der Waals surface area contributed by atoms with Crippen LogP contribution < -0.4 is 4.90 Å². The molecule has 9 heteroatoms. The van der Waals surface area contributed by atoms with E-state index in [0.29, 0.717) is 42.5 Å². The van der Waals surface area contributed by atoms with E-state index in [1.54, 1.807) is 38.5 Å². The lowest BCUT2D eigenvalue weighted by Gasteiger charge is -2.24. The van der Waals surface area contributed by atoms with E-state index in [1.807, 2.05) is 26.0 Å². The first-order chi connectivity index (χ1) is 17.3. The molecule has 36 heavy (non-hydrogen) atoms. The van der Waals surface area contributed by atoms with Crippen molar-refractivity contribution >= 4 is 46.2 Å². The van der Waals surface area contributed by atoms with Crippen LogP contribution in [0.5, 0.6) is 0 Å². The van der Waals surface area contributed by atoms with Gasteiger partial charge in [0.15, 0.2) is 18.1 Å². The lowest BCUT2D eigenvalue weighted by Crippen LogP contribution is -2.27. The standard InChI is InChI=1S/C27H33Cl2N2O5/c1-5-30(11-13-35-3)17-7-9-19(21(28)15-17)23-25(32)24(27(34)26(23)33)20-10-8-18(16-22(20)29)31(6-2)12-14-36-4/h7-10,15-16,23,26,33H,5-6,11-14H2,1-4H3/q+1. The van der Waals surface area contributed by atoms with Crippen molar-refractivity contribution in [3.05, 3.63) is 63.2 Å². The van der Waals surface area contributed by atoms with Crippen LogP contribution >= 0.6 is 23.2 Å². The van der Waals surface area contributed by atoms with Crippen LogP contribution in [0, 0.1) is 0 Å². The number of carbonyl (C=O) groups excluding carboxylic acids is 2. The lowest BCUT2D eigenvalue weighted by atomic mass is 9.93. The van der Waals surface area contributed by atoms with E-state index >= 15 is 0 Å². The molecule has 2 aliphatic rings. The number of nitrogens with zero attached hydrogens (tertiary/aromatic N) is 2. The van der Waals surface area contributed by atoms with Gasteiger partial charge in [0, 0.05) is 55.7 Å². The third-order valence-electron chi connectivity index (χ3n) is 6.53. The van der Waals surface area contributed by atoms with Crippen molar-refractivity contribution in [2.75, 3.05) is 58.5 Å². The van der Waals surface area contributed by atoms with Gasteiger partial charge in [-0.3, -0.25) is 9.59 Å². The van der Waals surface area contributed by atoms with E-state index in [9.17, 15) is 14.7 Å². The predicted molar refractivity (Wildman–Crippen MR) is 143 cm³/mol. The third kappa shape index (κ3) is 5.82. The second kappa shape index (κ2) is 12.8. The number of hydrogen-bond donors (Lipinski definition) is 1. The number of aliphatic hydroxyl groups excluding tert-OH is 1. The molecule has 0 radical (unpaired) electrons. The SMILES string of the molecule is CCN(CCOC)c1ccc(C2C(=O)C(=C3C=CC(=[N+](CC)CCOC)C=C3Cl)C(=O)C2O)c(Cl)c1. The Kier molecular flexibility index (Phi) is 10.0. The fourth-order valence-corrected chi connectivity index (χ4v) is 5.07. The molecule has 2 aliphatic carbocycles. The van der Waals surface area contributed by atoms with Crippen LogP contribution in [-0.4, -0.2) is 86.7 Å². The molecule has 7 nitrogen and oxygen atoms in total. The summed E-state index contributed by atoms with van der Waals surface area (Å²) in [4.78, 5) is 28.6. The van der Waals surface area contributed by atoms with Gasteiger partial charge in [-0.15, -0.1) is 0 Å². The molecule has 1 aromatic rings. The molecule has 0 amide bonds. The van der Waals surface area contributed by atoms with Crippen molar-refractivity contribution in [2.24, 2.45) is 0 Å². The summed E-state index contributed by atoms with van der Waals surface area (Å²) in [6.07, 6.45) is 3.67. The van der Waals surface area contributed by atoms with Gasteiger partial charge in [0.1, 0.15) is 19.3 Å². The first-order valence-electron chi connectivity index (χ1n) is 12.0. The van der Waals surface area contributed by atoms with E-state index in [0.717, 1.165) is 24.5 Å². The molecule has 2 unspecified atom stereocenters. The number of aliphatic hydroxyl groups is 1. The van der Waals surface area contributed by atoms with E-state index in [2.05, 4.69) is 9.48 Å². The van der Waals surface area contributed by atoms with Gasteiger partial charge in [0.2, 0.25) is 5.71 Å². The van der Waals surface area contributed by atoms with Crippen molar-refractivity contribution in [3.63, 3.8) is 0 Å². The van der Waals surface area contributed by atoms with Crippen LogP contribution in [0.3, 0.4) is 0 Å². The Labute approximate surface area is 222 Å². The molecule has 0 spiro atoms. The minimum absolute atomic E-state index is 0.0978. The number of rotatable bonds is 10. The molecular weight excluding hydrogens is 503 g/mol. The summed E-state index contributed by atoms with van der Waals surface area (Å²) in [5.74, 6) is -2.23. The van der Waals surface area contributed by atoms with Crippen molar-refractivity contribution in [3.8, 4) is 0 Å². The minimum Gasteiger partial charge on any atom is -0.384 e. The highest BCUT2D eigenvalue weighted by atomic mass is 35.5. The van der Waals surface area contributed by atoms with Crippen LogP contribution in [-0.2, 0) is 19.1 Å². The maximum atomic E-state index is 13.5. The quantitative estimate of drug-likeness (QED) is 0.280. The summed E-state index contributed by atoms with van der Waals surface area (Å²) in [6, 6.07) is 5.29. The number of likely N-dealkylation sites (N-methyl/N-ethyl adjacent to an activating group) is 2. The van der Waals surface area contributed by atoms with Crippen molar-refractivity contribution < 1.29 is 28.7 Å². The highest BCUT2D eigenvalue weighted by Gasteiger charge is 2.48. The average molecular weight is 536 g/mol. The highest BCUT2D eigenvalue weighted by Crippen LogP contribution is 2.40. The highest BCUT2D eigenvalue weighted by molar-refractivity contribution is 6.39. The maximum absolute atomic E-state index is 13.5. The molecule has 0 bridgehead atoms. The summed E-state index contributed by atoms with van der Waals surface area (Å²) in [6.45, 7) is 7.99. The Hall–Kier alpha value is -2.29. The normalized spacial score (nSPS) is 23.4. The first kappa shape index (κ1) is 28.3. The number of carbonyl (C=O) groups is 2. The van der Waals surface area contributed by atoms with Gasteiger partial charge >= 0.3 is 0 Å². The third-order valence-corrected chi connectivity index (χ3v) is 7.17. The molecule has 194 valence electrons. The van der Waals surface area contributed by atoms with Crippen LogP contribution in [0.2, 0.25) is 5.02 Å². The zero-order chi connectivity index (χ0) is 26.4. The second-order valence-corrected chi connectivity index (χ2v) is 9.36. The molecular formula is C27H33Cl2N2O5+. The Morgan fingerprint density at radius 2 is 1.78 bits per heavy atom. The zero-order valence-electron chi connectivity index (χ0n) is 21.1. The number of ether oxygens (including phenoxy) is 2. The Morgan fingerprint density at radius 1 is 1.06 bits per heavy atom. The number of benzene rings is 1. The predicted octanol–water partition coefficient (Wildman–Crippen LogP) is 3.52. The van der Waals surface area contributed by atoms with Crippen molar-refractivity contribution in [1.29, 1.82) is 0 Å². The smallest absolute Gasteiger partial charge is 0.201 e. The molecule has 1 N–H and O–H groups in total. The Morgan fingerprint density at radius 3 is 2.36 bits per heavy atom. The molecule has 2 atom stereocenters. The molecule has 0 aliphatic heterocycles. The topological polar surface area (TPSA) is 79.1 Å². The van der Waals surface area contributed by atoms with Crippen LogP contribution in [0.4, 0.5) is 5.69 Å². The molecule has 3 rings (SSSR count). The van der Waals surface area contributed by atoms with E-state index in [1.165, 1.54) is 0 Å². The molecule has 1 aromatic carbocycles. The van der Waals surface area contributed by atoms with Crippen LogP contribution in [0.15, 0.2) is 52.6 Å². The van der Waals surface area contributed by atoms with Crippen LogP contribution in [0.25, 0.3) is 0 Å². The van der Waals surface area contributed by atoms with Gasteiger partial charge in [-0.1, -0.05) is 29.3 Å². The molecule has 1 saturated carbocycles. The summed E-state index contributed by atoms with van der Waals surface area (Å²) >= 11 is 13.1. The number of Topliss-reactive ketones (excluding diaryl/α,β-unsaturated/α-hetero) is 2. The van der Waals surface area contributed by atoms with Gasteiger partial charge in [0.25, 0.3) is 0 Å². The molecule has 0 saturated heterocycles. The van der Waals surface area contributed by atoms with Gasteiger partial charge in [-0.05, 0) is 37.6 Å². The number of methoxy groups -OCH3 is 2. The van der Waals surface area contributed by atoms with Gasteiger partial charge < -0.3 is 19.5 Å². The summed E-state index contributed by atoms with van der Waals surface area (Å²) in [5.41, 5.74) is 2.34. The largest absolute Gasteiger partial charge is 0.384 e. The average Bonchev–Trinajstić information content (AvgIpc) is 3.08. The van der Waals surface area contributed by atoms with E-state index in [-0.39, 0.29) is 10.6 Å². The Bertz CT molecular complexity index is 1140. The van der Waals surface area contributed by atoms with Crippen LogP contribution in [0.1, 0.15) is 25.3 Å². The number of anilines is 1. The number of allylic oxidation sites excluding steroid dienone is 5. The van der Waals surface area contributed by atoms with E-state index in [4.69, 9.17) is 32.7 Å². The maximum Gasteiger partial charge on any atom is 0.201 e. The second-order valence-electron chi connectivity index (χ2n) is 8.54. The first-order valence-corrected chi connectivity index (χ1v) is 12.7. The van der Waals surface area contributed by atoms with Gasteiger partial charge in [-0.2, -0.15) is 0 Å². The number of ketones is 2. The van der Waals surface area contributed by atoms with Gasteiger partial charge in [0.05, 0.1) is 23.1 Å². The zero-order valence-corrected chi connectivity index (χ0v) is 22.6. The minimum atomic E-state index is -1.53. The number of halogens is 2. The van der Waals surface area contributed by atoms with Crippen molar-refractivity contribution in [1.82, 2.24) is 0 Å². The fourth-order valence-electron chi connectivity index (χ4n) is 4.51. The number of hydrogen-bond acceptors (Lipinski definition) is 6. The monoisotopic (exact) mass is 535 g/mol. The summed E-state index contributed by atoms with van der Waals surface area (Å²) in [5, 5.41) is 11.4. The summed E-state index contributed by atoms with van der Waals surface area (Å²) in [7, 11) is 3.28. The Balaban J connectivity index is 1.95. The van der Waals surface area contributed by atoms with E-state index < -0.39 is 23.6 Å². The molecule has 0 heterocycles. The van der Waals surface area contributed by atoms with Gasteiger partial charge in [-0.25, -0.2) is 4.58 Å². The summed E-state index contributed by atoms with van der Waals surface area (Å²) < 4.78 is 12.4. The lowest BCUT2D eigenvalue weighted by molar-refractivity contribution is -0.525. The molecule has 0 aromatic heterocycles. The van der Waals surface area contributed by atoms with Crippen molar-refractivity contribution in [2.45, 2.75) is 25.9 Å². The fraction of sp³-hybridized carbons (Fsp3) is 0.444. The molecule has 1 fully saturated rings.